The number of hydrogen-bond donors (Lipinski definition) is 1. The van der Waals surface area contributed by atoms with E-state index in [1.54, 1.807) is 66.7 Å². The number of carbonyl (C=O) groups excluding carboxylic acids is 3. The molecule has 0 bridgehead atoms. The predicted molar refractivity (Wildman–Crippen MR) is 143 cm³/mol. The molecule has 0 aliphatic carbocycles. The van der Waals surface area contributed by atoms with Crippen molar-refractivity contribution in [2.75, 3.05) is 25.7 Å². The lowest BCUT2D eigenvalue weighted by atomic mass is 9.90. The number of imide groups is 1. The SMILES string of the molecule is CCOc1ccc(N2C(=O)[C@@H]3[C@@H](c4cc(OC)ccc4OC)NN(C(=O)c4cccc(Br)c4)[C@@H]3C2=O)cc1. The van der Waals surface area contributed by atoms with Gasteiger partial charge < -0.3 is 14.2 Å². The van der Waals surface area contributed by atoms with Crippen molar-refractivity contribution in [3.8, 4) is 17.2 Å². The maximum Gasteiger partial charge on any atom is 0.268 e. The van der Waals surface area contributed by atoms with E-state index in [9.17, 15) is 14.4 Å². The second kappa shape index (κ2) is 10.5. The Labute approximate surface area is 228 Å². The van der Waals surface area contributed by atoms with Gasteiger partial charge in [-0.3, -0.25) is 19.4 Å². The molecule has 1 N–H and O–H groups in total. The van der Waals surface area contributed by atoms with E-state index < -0.39 is 35.7 Å². The van der Waals surface area contributed by atoms with E-state index in [-0.39, 0.29) is 0 Å². The molecule has 196 valence electrons. The van der Waals surface area contributed by atoms with Crippen molar-refractivity contribution in [1.29, 1.82) is 0 Å². The van der Waals surface area contributed by atoms with Gasteiger partial charge in [-0.05, 0) is 67.6 Å². The molecule has 2 fully saturated rings. The van der Waals surface area contributed by atoms with Gasteiger partial charge in [0.2, 0.25) is 5.91 Å². The number of fused-ring (bicyclic) bond motifs is 1. The highest BCUT2D eigenvalue weighted by molar-refractivity contribution is 9.10. The molecule has 9 nitrogen and oxygen atoms in total. The Morgan fingerprint density at radius 2 is 1.68 bits per heavy atom. The zero-order chi connectivity index (χ0) is 27.0. The molecule has 2 saturated heterocycles. The standard InChI is InChI=1S/C28H26BrN3O6/c1-4-38-19-10-8-18(9-11-19)31-27(34)23-24(21-15-20(36-2)12-13-22(21)37-3)30-32(25(23)28(31)35)26(33)16-6-5-7-17(29)14-16/h5-15,23-25,30H,4H2,1-3H3/t23-,24-,25+/m1/s1. The number of nitrogens with one attached hydrogen (secondary N) is 1. The van der Waals surface area contributed by atoms with Crippen molar-refractivity contribution in [2.24, 2.45) is 5.92 Å². The Hall–Kier alpha value is -3.89. The third kappa shape index (κ3) is 4.39. The zero-order valence-electron chi connectivity index (χ0n) is 21.0. The van der Waals surface area contributed by atoms with Crippen molar-refractivity contribution in [3.63, 3.8) is 0 Å². The summed E-state index contributed by atoms with van der Waals surface area (Å²) in [5, 5.41) is 1.27. The van der Waals surface area contributed by atoms with Crippen LogP contribution in [-0.2, 0) is 9.59 Å². The first kappa shape index (κ1) is 25.7. The molecule has 2 aliphatic heterocycles. The lowest BCUT2D eigenvalue weighted by Crippen LogP contribution is -2.48. The average molecular weight is 580 g/mol. The quantitative estimate of drug-likeness (QED) is 0.420. The van der Waals surface area contributed by atoms with Gasteiger partial charge in [0.25, 0.3) is 11.8 Å². The Balaban J connectivity index is 1.59. The molecule has 0 aromatic heterocycles. The van der Waals surface area contributed by atoms with E-state index in [0.717, 1.165) is 9.37 Å². The van der Waals surface area contributed by atoms with Crippen LogP contribution in [0.2, 0.25) is 0 Å². The molecule has 2 aliphatic rings. The number of nitrogens with zero attached hydrogens (tertiary/aromatic N) is 2. The molecule has 10 heteroatoms. The van der Waals surface area contributed by atoms with E-state index in [0.29, 0.717) is 40.7 Å². The summed E-state index contributed by atoms with van der Waals surface area (Å²) in [6, 6.07) is 17.0. The molecule has 0 unspecified atom stereocenters. The van der Waals surface area contributed by atoms with Crippen LogP contribution in [0.25, 0.3) is 0 Å². The molecule has 3 amide bonds. The smallest absolute Gasteiger partial charge is 0.268 e. The van der Waals surface area contributed by atoms with Crippen LogP contribution in [0.1, 0.15) is 28.9 Å². The zero-order valence-corrected chi connectivity index (χ0v) is 22.6. The van der Waals surface area contributed by atoms with E-state index >= 15 is 0 Å². The van der Waals surface area contributed by atoms with Gasteiger partial charge in [-0.2, -0.15) is 0 Å². The van der Waals surface area contributed by atoms with Crippen molar-refractivity contribution >= 4 is 39.3 Å². The van der Waals surface area contributed by atoms with Gasteiger partial charge >= 0.3 is 0 Å². The number of methoxy groups -OCH3 is 2. The Morgan fingerprint density at radius 1 is 0.947 bits per heavy atom. The second-order valence-electron chi connectivity index (χ2n) is 8.81. The normalized spacial score (nSPS) is 20.5. The molecule has 0 radical (unpaired) electrons. The number of rotatable bonds is 7. The molecular formula is C28H26BrN3O6. The lowest BCUT2D eigenvalue weighted by molar-refractivity contribution is -0.123. The van der Waals surface area contributed by atoms with Crippen LogP contribution in [0.5, 0.6) is 17.2 Å². The van der Waals surface area contributed by atoms with Gasteiger partial charge in [0.1, 0.15) is 23.3 Å². The number of carbonyl (C=O) groups is 3. The summed E-state index contributed by atoms with van der Waals surface area (Å²) in [4.78, 5) is 42.6. The minimum atomic E-state index is -1.07. The van der Waals surface area contributed by atoms with Crippen molar-refractivity contribution in [2.45, 2.75) is 19.0 Å². The number of hydrazine groups is 1. The Bertz CT molecular complexity index is 1400. The predicted octanol–water partition coefficient (Wildman–Crippen LogP) is 4.12. The monoisotopic (exact) mass is 579 g/mol. The topological polar surface area (TPSA) is 97.4 Å². The number of ether oxygens (including phenoxy) is 3. The highest BCUT2D eigenvalue weighted by atomic mass is 79.9. The third-order valence-corrected chi connectivity index (χ3v) is 7.20. The third-order valence-electron chi connectivity index (χ3n) is 6.70. The molecule has 3 aromatic rings. The van der Waals surface area contributed by atoms with Crippen LogP contribution in [-0.4, -0.2) is 49.6 Å². The lowest BCUT2D eigenvalue weighted by Gasteiger charge is -2.26. The van der Waals surface area contributed by atoms with Crippen LogP contribution >= 0.6 is 15.9 Å². The number of anilines is 1. The van der Waals surface area contributed by atoms with Crippen LogP contribution in [0.15, 0.2) is 71.2 Å². The summed E-state index contributed by atoms with van der Waals surface area (Å²) < 4.78 is 17.2. The van der Waals surface area contributed by atoms with Crippen LogP contribution in [0, 0.1) is 5.92 Å². The van der Waals surface area contributed by atoms with E-state index in [4.69, 9.17) is 14.2 Å². The first-order valence-electron chi connectivity index (χ1n) is 12.1. The largest absolute Gasteiger partial charge is 0.497 e. The van der Waals surface area contributed by atoms with Gasteiger partial charge in [-0.1, -0.05) is 22.0 Å². The second-order valence-corrected chi connectivity index (χ2v) is 9.73. The number of amides is 3. The molecular weight excluding hydrogens is 554 g/mol. The minimum Gasteiger partial charge on any atom is -0.497 e. The van der Waals surface area contributed by atoms with Gasteiger partial charge in [0, 0.05) is 15.6 Å². The molecule has 38 heavy (non-hydrogen) atoms. The maximum atomic E-state index is 13.9. The minimum absolute atomic E-state index is 0.364. The highest BCUT2D eigenvalue weighted by Crippen LogP contribution is 2.45. The maximum absolute atomic E-state index is 13.9. The summed E-state index contributed by atoms with van der Waals surface area (Å²) in [5.74, 6) is -0.565. The van der Waals surface area contributed by atoms with E-state index in [1.807, 2.05) is 6.92 Å². The van der Waals surface area contributed by atoms with Gasteiger partial charge in [-0.25, -0.2) is 10.3 Å². The molecule has 0 spiro atoms. The van der Waals surface area contributed by atoms with Gasteiger partial charge in [0.05, 0.1) is 38.5 Å². The highest BCUT2D eigenvalue weighted by Gasteiger charge is 2.61. The molecule has 2 heterocycles. The van der Waals surface area contributed by atoms with Crippen LogP contribution < -0.4 is 24.5 Å². The first-order valence-corrected chi connectivity index (χ1v) is 12.8. The summed E-state index contributed by atoms with van der Waals surface area (Å²) in [6.45, 7) is 2.37. The van der Waals surface area contributed by atoms with Crippen molar-refractivity contribution in [3.05, 3.63) is 82.3 Å². The van der Waals surface area contributed by atoms with E-state index in [1.165, 1.54) is 19.2 Å². The van der Waals surface area contributed by atoms with Gasteiger partial charge in [-0.15, -0.1) is 0 Å². The summed E-state index contributed by atoms with van der Waals surface area (Å²) in [7, 11) is 3.06. The summed E-state index contributed by atoms with van der Waals surface area (Å²) >= 11 is 3.40. The fourth-order valence-corrected chi connectivity index (χ4v) is 5.39. The Kier molecular flexibility index (Phi) is 7.09. The number of halogens is 1. The molecule has 0 saturated carbocycles. The van der Waals surface area contributed by atoms with Crippen LogP contribution in [0.3, 0.4) is 0 Å². The summed E-state index contributed by atoms with van der Waals surface area (Å²) in [5.41, 5.74) is 4.53. The van der Waals surface area contributed by atoms with Crippen molar-refractivity contribution in [1.82, 2.24) is 10.4 Å². The Morgan fingerprint density at radius 3 is 2.34 bits per heavy atom. The van der Waals surface area contributed by atoms with Crippen LogP contribution in [0.4, 0.5) is 5.69 Å². The average Bonchev–Trinajstić information content (AvgIpc) is 3.45. The molecule has 5 rings (SSSR count). The summed E-state index contributed by atoms with van der Waals surface area (Å²) in [6.07, 6.45) is 0. The fraction of sp³-hybridized carbons (Fsp3) is 0.250. The number of benzene rings is 3. The fourth-order valence-electron chi connectivity index (χ4n) is 4.99. The molecule has 3 atom stereocenters. The van der Waals surface area contributed by atoms with Crippen molar-refractivity contribution < 1.29 is 28.6 Å². The first-order chi connectivity index (χ1) is 18.4. The van der Waals surface area contributed by atoms with E-state index in [2.05, 4.69) is 21.4 Å². The van der Waals surface area contributed by atoms with Gasteiger partial charge in [0.15, 0.2) is 0 Å². The molecule has 3 aromatic carbocycles. The number of hydrogen-bond acceptors (Lipinski definition) is 7.